The van der Waals surface area contributed by atoms with E-state index in [0.29, 0.717) is 32.4 Å². The topological polar surface area (TPSA) is 235 Å². The first-order chi connectivity index (χ1) is 15.1. The van der Waals surface area contributed by atoms with Crippen molar-refractivity contribution in [2.75, 3.05) is 26.9 Å². The average Bonchev–Trinajstić information content (AvgIpc) is 2.69. The van der Waals surface area contributed by atoms with Gasteiger partial charge in [0.15, 0.2) is 11.9 Å². The molecular weight excluding hydrogens is 424 g/mol. The van der Waals surface area contributed by atoms with E-state index >= 15 is 0 Å². The second-order valence-corrected chi connectivity index (χ2v) is 6.85. The lowest BCUT2D eigenvalue weighted by Crippen LogP contribution is -2.43. The summed E-state index contributed by atoms with van der Waals surface area (Å²) in [5.41, 5.74) is 10.4. The molecule has 0 rings (SSSR count). The Balaban J connectivity index is 4.60. The van der Waals surface area contributed by atoms with Crippen molar-refractivity contribution in [3.63, 3.8) is 0 Å². The van der Waals surface area contributed by atoms with Gasteiger partial charge < -0.3 is 42.2 Å². The molecule has 0 spiro atoms. The van der Waals surface area contributed by atoms with Gasteiger partial charge in [-0.2, -0.15) is 0 Å². The number of amides is 1. The summed E-state index contributed by atoms with van der Waals surface area (Å²) in [7, 11) is 1.58. The summed E-state index contributed by atoms with van der Waals surface area (Å²) in [6.07, 6.45) is 1.08. The molecule has 14 heteroatoms. The van der Waals surface area contributed by atoms with Crippen molar-refractivity contribution in [1.82, 2.24) is 21.3 Å². The van der Waals surface area contributed by atoms with E-state index in [0.717, 1.165) is 0 Å². The van der Waals surface area contributed by atoms with E-state index in [9.17, 15) is 19.2 Å². The zero-order valence-electron chi connectivity index (χ0n) is 18.4. The summed E-state index contributed by atoms with van der Waals surface area (Å²) >= 11 is 0. The Bertz CT molecular complexity index is 672. The first-order valence-electron chi connectivity index (χ1n) is 10.0. The second kappa shape index (κ2) is 16.3. The number of rotatable bonds is 16. The first-order valence-corrected chi connectivity index (χ1v) is 10.0. The van der Waals surface area contributed by atoms with Crippen molar-refractivity contribution < 1.29 is 28.7 Å². The summed E-state index contributed by atoms with van der Waals surface area (Å²) in [5.74, 6) is -2.85. The van der Waals surface area contributed by atoms with Crippen LogP contribution in [0.2, 0.25) is 0 Å². The van der Waals surface area contributed by atoms with E-state index in [-0.39, 0.29) is 30.5 Å². The smallest absolute Gasteiger partial charge is 0.331 e. The Morgan fingerprint density at radius 3 is 1.78 bits per heavy atom. The van der Waals surface area contributed by atoms with Crippen LogP contribution in [0.5, 0.6) is 0 Å². The number of nitrogens with one attached hydrogen (secondary N) is 6. The van der Waals surface area contributed by atoms with Crippen LogP contribution in [0, 0.1) is 10.8 Å². The van der Waals surface area contributed by atoms with Crippen LogP contribution in [-0.4, -0.2) is 74.6 Å². The minimum absolute atomic E-state index is 0.152. The molecule has 0 aliphatic carbocycles. The monoisotopic (exact) mass is 458 g/mol. The van der Waals surface area contributed by atoms with Crippen molar-refractivity contribution in [2.45, 2.75) is 51.1 Å². The van der Waals surface area contributed by atoms with Crippen molar-refractivity contribution in [3.8, 4) is 0 Å². The number of esters is 2. The van der Waals surface area contributed by atoms with E-state index in [1.807, 2.05) is 0 Å². The van der Waals surface area contributed by atoms with Gasteiger partial charge in [-0.15, -0.1) is 0 Å². The molecular formula is C18H34N8O6. The molecule has 0 radical (unpaired) electrons. The third-order valence-corrected chi connectivity index (χ3v) is 4.03. The Labute approximate surface area is 186 Å². The average molecular weight is 459 g/mol. The van der Waals surface area contributed by atoms with E-state index in [1.54, 1.807) is 7.05 Å². The maximum absolute atomic E-state index is 12.3. The normalized spacial score (nSPS) is 12.1. The number of Topliss-reactive ketones (excluding diaryl/α,β-unsaturated/α-hetero) is 1. The second-order valence-electron chi connectivity index (χ2n) is 6.85. The molecule has 182 valence electrons. The van der Waals surface area contributed by atoms with Crippen LogP contribution >= 0.6 is 0 Å². The maximum Gasteiger partial charge on any atom is 0.331 e. The molecule has 32 heavy (non-hydrogen) atoms. The molecule has 0 saturated heterocycles. The number of hydrogen-bond donors (Lipinski definition) is 8. The summed E-state index contributed by atoms with van der Waals surface area (Å²) in [6.45, 7) is 1.30. The van der Waals surface area contributed by atoms with Gasteiger partial charge in [0, 0.05) is 13.1 Å². The van der Waals surface area contributed by atoms with Crippen molar-refractivity contribution in [1.29, 1.82) is 10.8 Å². The van der Waals surface area contributed by atoms with Gasteiger partial charge in [0.1, 0.15) is 17.9 Å². The molecule has 1 amide bonds. The highest BCUT2D eigenvalue weighted by Crippen LogP contribution is 2.03. The highest BCUT2D eigenvalue weighted by Gasteiger charge is 2.24. The van der Waals surface area contributed by atoms with Gasteiger partial charge in [-0.05, 0) is 39.7 Å². The number of carbonyl (C=O) groups excluding carboxylic acids is 4. The number of guanidine groups is 2. The summed E-state index contributed by atoms with van der Waals surface area (Å²) < 4.78 is 9.92. The van der Waals surface area contributed by atoms with Crippen LogP contribution in [0.25, 0.3) is 0 Å². The molecule has 2 atom stereocenters. The predicted molar refractivity (Wildman–Crippen MR) is 115 cm³/mol. The van der Waals surface area contributed by atoms with Gasteiger partial charge in [-0.3, -0.25) is 25.2 Å². The largest absolute Gasteiger partial charge is 0.427 e. The van der Waals surface area contributed by atoms with Gasteiger partial charge in [-0.25, -0.2) is 4.79 Å². The van der Waals surface area contributed by atoms with Gasteiger partial charge in [0.05, 0.1) is 6.42 Å². The SMILES string of the molecule is CNC(CCCNC(=N)N)C(=O)OCOC(=O)C(CCCNC(=N)N)NC(=O)CC(C)=O. The lowest BCUT2D eigenvalue weighted by Gasteiger charge is -2.19. The van der Waals surface area contributed by atoms with Crippen LogP contribution in [0.3, 0.4) is 0 Å². The summed E-state index contributed by atoms with van der Waals surface area (Å²) in [5, 5.41) is 24.6. The first kappa shape index (κ1) is 28.6. The molecule has 0 heterocycles. The zero-order valence-corrected chi connectivity index (χ0v) is 18.4. The third-order valence-electron chi connectivity index (χ3n) is 4.03. The van der Waals surface area contributed by atoms with E-state index < -0.39 is 36.7 Å². The number of hydrogen-bond acceptors (Lipinski definition) is 9. The van der Waals surface area contributed by atoms with E-state index in [4.69, 9.17) is 31.8 Å². The van der Waals surface area contributed by atoms with Crippen LogP contribution < -0.4 is 32.7 Å². The van der Waals surface area contributed by atoms with Crippen LogP contribution in [-0.2, 0) is 28.7 Å². The van der Waals surface area contributed by atoms with Gasteiger partial charge in [0.25, 0.3) is 0 Å². The molecule has 10 N–H and O–H groups in total. The lowest BCUT2D eigenvalue weighted by atomic mass is 10.1. The minimum atomic E-state index is -1.06. The molecule has 0 saturated carbocycles. The molecule has 2 unspecified atom stereocenters. The van der Waals surface area contributed by atoms with Gasteiger partial charge in [0.2, 0.25) is 12.7 Å². The van der Waals surface area contributed by atoms with Gasteiger partial charge in [-0.1, -0.05) is 0 Å². The molecule has 0 aliphatic heterocycles. The van der Waals surface area contributed by atoms with Crippen LogP contribution in [0.15, 0.2) is 0 Å². The highest BCUT2D eigenvalue weighted by molar-refractivity contribution is 5.98. The number of ketones is 1. The third kappa shape index (κ3) is 14.5. The Hall–Kier alpha value is -3.42. The molecule has 0 aromatic heterocycles. The molecule has 0 bridgehead atoms. The van der Waals surface area contributed by atoms with Gasteiger partial charge >= 0.3 is 11.9 Å². The van der Waals surface area contributed by atoms with Crippen molar-refractivity contribution in [3.05, 3.63) is 0 Å². The van der Waals surface area contributed by atoms with Crippen LogP contribution in [0.1, 0.15) is 39.0 Å². The fourth-order valence-corrected chi connectivity index (χ4v) is 2.51. The molecule has 14 nitrogen and oxygen atoms in total. The minimum Gasteiger partial charge on any atom is -0.427 e. The Morgan fingerprint density at radius 2 is 1.34 bits per heavy atom. The molecule has 0 fully saturated rings. The highest BCUT2D eigenvalue weighted by atomic mass is 16.7. The molecule has 0 aromatic carbocycles. The Morgan fingerprint density at radius 1 is 0.875 bits per heavy atom. The number of likely N-dealkylation sites (N-methyl/N-ethyl adjacent to an activating group) is 1. The van der Waals surface area contributed by atoms with Crippen molar-refractivity contribution >= 4 is 35.5 Å². The van der Waals surface area contributed by atoms with Crippen molar-refractivity contribution in [2.24, 2.45) is 11.5 Å². The fraction of sp³-hybridized carbons (Fsp3) is 0.667. The summed E-state index contributed by atoms with van der Waals surface area (Å²) in [6, 6.07) is -1.71. The lowest BCUT2D eigenvalue weighted by molar-refractivity contribution is -0.170. The fourth-order valence-electron chi connectivity index (χ4n) is 2.51. The standard InChI is InChI=1S/C18H34N8O6/c1-11(27)9-14(28)26-13(6-4-8-25-18(21)22)16(30)32-10-31-15(29)12(23-2)5-3-7-24-17(19)20/h12-13,23H,3-10H2,1-2H3,(H,26,28)(H4,19,20,24)(H4,21,22,25). The number of ether oxygens (including phenoxy) is 2. The molecule has 0 aromatic rings. The quantitative estimate of drug-likeness (QED) is 0.0303. The predicted octanol–water partition coefficient (Wildman–Crippen LogP) is -2.39. The number of carbonyl (C=O) groups is 4. The molecule has 0 aliphatic rings. The van der Waals surface area contributed by atoms with Crippen LogP contribution in [0.4, 0.5) is 0 Å². The number of nitrogens with two attached hydrogens (primary N) is 2. The van der Waals surface area contributed by atoms with E-state index in [1.165, 1.54) is 6.92 Å². The zero-order chi connectivity index (χ0) is 24.5. The summed E-state index contributed by atoms with van der Waals surface area (Å²) in [4.78, 5) is 47.4. The maximum atomic E-state index is 12.3. The Kier molecular flexibility index (Phi) is 14.6. The van der Waals surface area contributed by atoms with E-state index in [2.05, 4.69) is 21.3 Å².